The van der Waals surface area contributed by atoms with Crippen LogP contribution in [-0.4, -0.2) is 0 Å². The Morgan fingerprint density at radius 2 is 0.848 bits per heavy atom. The van der Waals surface area contributed by atoms with E-state index in [1.165, 1.54) is 0 Å². The number of hydrogen-bond acceptors (Lipinski definition) is 4. The third-order valence-corrected chi connectivity index (χ3v) is 8.62. The van der Waals surface area contributed by atoms with Crippen molar-refractivity contribution < 1.29 is 8.83 Å². The highest BCUT2D eigenvalue weighted by molar-refractivity contribution is 6.14. The summed E-state index contributed by atoms with van der Waals surface area (Å²) in [6, 6.07) is 58.9. The molecule has 9 aromatic rings. The van der Waals surface area contributed by atoms with Crippen LogP contribution in [0.4, 0.5) is 34.1 Å². The molecule has 2 aromatic heterocycles. The lowest BCUT2D eigenvalue weighted by atomic mass is 10.1. The minimum Gasteiger partial charge on any atom is -0.456 e. The maximum atomic E-state index is 6.62. The summed E-state index contributed by atoms with van der Waals surface area (Å²) in [5, 5.41) is 4.34. The third-order valence-electron chi connectivity index (χ3n) is 8.62. The molecule has 0 fully saturated rings. The number of furan rings is 2. The molecule has 0 N–H and O–H groups in total. The molecule has 0 unspecified atom stereocenters. The predicted molar refractivity (Wildman–Crippen MR) is 190 cm³/mol. The van der Waals surface area contributed by atoms with Gasteiger partial charge in [0.15, 0.2) is 0 Å². The first kappa shape index (κ1) is 26.2. The largest absolute Gasteiger partial charge is 0.456 e. The topological polar surface area (TPSA) is 32.8 Å². The van der Waals surface area contributed by atoms with Crippen molar-refractivity contribution in [3.8, 4) is 0 Å². The quantitative estimate of drug-likeness (QED) is 0.192. The summed E-state index contributed by atoms with van der Waals surface area (Å²) in [6.45, 7) is 0. The normalized spacial score (nSPS) is 11.5. The highest BCUT2D eigenvalue weighted by Crippen LogP contribution is 2.45. The van der Waals surface area contributed by atoms with E-state index in [1.807, 2.05) is 30.3 Å². The fourth-order valence-corrected chi connectivity index (χ4v) is 6.58. The lowest BCUT2D eigenvalue weighted by Crippen LogP contribution is -2.10. The lowest BCUT2D eigenvalue weighted by molar-refractivity contribution is 0.668. The van der Waals surface area contributed by atoms with Gasteiger partial charge in [0.05, 0.1) is 11.1 Å². The Morgan fingerprint density at radius 1 is 0.304 bits per heavy atom. The predicted octanol–water partition coefficient (Wildman–Crippen LogP) is 12.4. The fourth-order valence-electron chi connectivity index (χ4n) is 6.58. The average Bonchev–Trinajstić information content (AvgIpc) is 3.68. The summed E-state index contributed by atoms with van der Waals surface area (Å²) in [5.41, 5.74) is 9.80. The van der Waals surface area contributed by atoms with E-state index in [0.717, 1.165) is 78.0 Å². The van der Waals surface area contributed by atoms with E-state index < -0.39 is 0 Å². The third kappa shape index (κ3) is 4.31. The van der Waals surface area contributed by atoms with Crippen molar-refractivity contribution in [2.75, 3.05) is 9.80 Å². The van der Waals surface area contributed by atoms with Crippen molar-refractivity contribution in [2.45, 2.75) is 0 Å². The van der Waals surface area contributed by atoms with Crippen molar-refractivity contribution >= 4 is 78.0 Å². The van der Waals surface area contributed by atoms with Gasteiger partial charge in [-0.2, -0.15) is 0 Å². The van der Waals surface area contributed by atoms with Crippen LogP contribution in [0.25, 0.3) is 43.9 Å². The van der Waals surface area contributed by atoms with Gasteiger partial charge in [-0.25, -0.2) is 0 Å². The molecule has 46 heavy (non-hydrogen) atoms. The van der Waals surface area contributed by atoms with E-state index in [2.05, 4.69) is 149 Å². The lowest BCUT2D eigenvalue weighted by Gasteiger charge is -2.26. The minimum atomic E-state index is 0.830. The molecular formula is C42H28N2O2. The van der Waals surface area contributed by atoms with Crippen molar-refractivity contribution in [3.05, 3.63) is 170 Å². The van der Waals surface area contributed by atoms with Crippen LogP contribution in [-0.2, 0) is 0 Å². The van der Waals surface area contributed by atoms with Gasteiger partial charge in [0.1, 0.15) is 22.3 Å². The van der Waals surface area contributed by atoms with Crippen LogP contribution in [0.3, 0.4) is 0 Å². The first-order chi connectivity index (χ1) is 22.8. The van der Waals surface area contributed by atoms with Gasteiger partial charge >= 0.3 is 0 Å². The van der Waals surface area contributed by atoms with Crippen LogP contribution >= 0.6 is 0 Å². The molecule has 7 aromatic carbocycles. The van der Waals surface area contributed by atoms with Gasteiger partial charge in [-0.3, -0.25) is 0 Å². The number of nitrogens with zero attached hydrogens (tertiary/aromatic N) is 2. The smallest absolute Gasteiger partial charge is 0.137 e. The molecule has 0 aliphatic rings. The van der Waals surface area contributed by atoms with Gasteiger partial charge in [0.25, 0.3) is 0 Å². The van der Waals surface area contributed by atoms with Crippen LogP contribution in [0.15, 0.2) is 179 Å². The molecule has 9 rings (SSSR count). The molecule has 0 spiro atoms. The summed E-state index contributed by atoms with van der Waals surface area (Å²) in [5.74, 6) is 0. The fraction of sp³-hybridized carbons (Fsp3) is 0. The summed E-state index contributed by atoms with van der Waals surface area (Å²) in [6.07, 6.45) is 0. The number of rotatable bonds is 6. The maximum Gasteiger partial charge on any atom is 0.137 e. The van der Waals surface area contributed by atoms with Gasteiger partial charge in [-0.05, 0) is 84.9 Å². The Morgan fingerprint density at radius 3 is 1.57 bits per heavy atom. The molecule has 0 aliphatic carbocycles. The van der Waals surface area contributed by atoms with Crippen LogP contribution in [0.5, 0.6) is 0 Å². The monoisotopic (exact) mass is 592 g/mol. The molecule has 2 heterocycles. The summed E-state index contributed by atoms with van der Waals surface area (Å²) >= 11 is 0. The Hall–Kier alpha value is -6.26. The molecule has 0 atom stereocenters. The Kier molecular flexibility index (Phi) is 6.10. The van der Waals surface area contributed by atoms with Crippen LogP contribution in [0.1, 0.15) is 0 Å². The molecule has 0 saturated carbocycles. The van der Waals surface area contributed by atoms with Crippen molar-refractivity contribution in [2.24, 2.45) is 0 Å². The van der Waals surface area contributed by atoms with Crippen LogP contribution in [0.2, 0.25) is 0 Å². The zero-order valence-corrected chi connectivity index (χ0v) is 24.9. The average molecular weight is 593 g/mol. The van der Waals surface area contributed by atoms with Gasteiger partial charge < -0.3 is 18.6 Å². The number of hydrogen-bond donors (Lipinski definition) is 0. The minimum absolute atomic E-state index is 0.830. The summed E-state index contributed by atoms with van der Waals surface area (Å²) in [7, 11) is 0. The number of para-hydroxylation sites is 4. The molecule has 0 aliphatic heterocycles. The molecule has 0 amide bonds. The number of fused-ring (bicyclic) bond motifs is 6. The van der Waals surface area contributed by atoms with Gasteiger partial charge in [-0.15, -0.1) is 0 Å². The van der Waals surface area contributed by atoms with Gasteiger partial charge in [0, 0.05) is 50.7 Å². The van der Waals surface area contributed by atoms with E-state index in [0.29, 0.717) is 0 Å². The molecule has 0 saturated heterocycles. The Bertz CT molecular complexity index is 2440. The van der Waals surface area contributed by atoms with E-state index in [-0.39, 0.29) is 0 Å². The summed E-state index contributed by atoms with van der Waals surface area (Å²) < 4.78 is 12.8. The maximum absolute atomic E-state index is 6.62. The van der Waals surface area contributed by atoms with E-state index in [9.17, 15) is 0 Å². The highest BCUT2D eigenvalue weighted by Gasteiger charge is 2.21. The zero-order valence-electron chi connectivity index (χ0n) is 24.9. The number of anilines is 6. The Labute approximate surface area is 265 Å². The van der Waals surface area contributed by atoms with E-state index >= 15 is 0 Å². The second kappa shape index (κ2) is 10.7. The molecule has 0 bridgehead atoms. The molecule has 0 radical (unpaired) electrons. The SMILES string of the molecule is c1ccc(N(c2ccc3c(c2)oc2cccc(N(c4ccccc4)c4ccccc4)c23)c2ccc3oc4ccccc4c3c2)cc1. The van der Waals surface area contributed by atoms with Crippen molar-refractivity contribution in [1.29, 1.82) is 0 Å². The first-order valence-electron chi connectivity index (χ1n) is 15.4. The van der Waals surface area contributed by atoms with Gasteiger partial charge in [-0.1, -0.05) is 78.9 Å². The van der Waals surface area contributed by atoms with Gasteiger partial charge in [0.2, 0.25) is 0 Å². The second-order valence-electron chi connectivity index (χ2n) is 11.4. The highest BCUT2D eigenvalue weighted by atomic mass is 16.3. The van der Waals surface area contributed by atoms with Crippen molar-refractivity contribution in [3.63, 3.8) is 0 Å². The van der Waals surface area contributed by atoms with E-state index in [4.69, 9.17) is 8.83 Å². The van der Waals surface area contributed by atoms with Crippen LogP contribution < -0.4 is 9.80 Å². The van der Waals surface area contributed by atoms with Crippen LogP contribution in [0, 0.1) is 0 Å². The number of benzene rings is 7. The molecular weight excluding hydrogens is 564 g/mol. The standard InChI is InChI=1S/C42H28N2O2/c1-4-13-29(14-5-1)43(32-24-26-39-36(27-32)34-19-10-11-21-38(34)45-39)33-23-25-35-41(28-33)46-40-22-12-20-37(42(35)40)44(30-15-6-2-7-16-30)31-17-8-3-9-18-31/h1-28H. The summed E-state index contributed by atoms with van der Waals surface area (Å²) in [4.78, 5) is 4.57. The second-order valence-corrected chi connectivity index (χ2v) is 11.4. The zero-order chi connectivity index (χ0) is 30.5. The van der Waals surface area contributed by atoms with Crippen molar-refractivity contribution in [1.82, 2.24) is 0 Å². The Balaban J connectivity index is 1.23. The molecule has 4 nitrogen and oxygen atoms in total. The van der Waals surface area contributed by atoms with E-state index in [1.54, 1.807) is 0 Å². The molecule has 4 heteroatoms. The first-order valence-corrected chi connectivity index (χ1v) is 15.4. The molecule has 218 valence electrons.